The zero-order valence-electron chi connectivity index (χ0n) is 13.2. The van der Waals surface area contributed by atoms with Crippen molar-refractivity contribution in [3.8, 4) is 0 Å². The Kier molecular flexibility index (Phi) is 6.79. The normalized spacial score (nSPS) is 12.7. The van der Waals surface area contributed by atoms with E-state index in [0.717, 1.165) is 24.4 Å². The summed E-state index contributed by atoms with van der Waals surface area (Å²) in [5.74, 6) is 2.43. The molecule has 1 atom stereocenters. The number of hydrogen-bond acceptors (Lipinski definition) is 3. The van der Waals surface area contributed by atoms with E-state index in [1.807, 2.05) is 37.8 Å². The first-order chi connectivity index (χ1) is 9.43. The highest BCUT2D eigenvalue weighted by molar-refractivity contribution is 5.76. The molecule has 0 spiro atoms. The molecule has 1 amide bonds. The number of carbonyl (C=O) groups excluding carboxylic acids is 1. The van der Waals surface area contributed by atoms with E-state index in [1.54, 1.807) is 0 Å². The smallest absolute Gasteiger partial charge is 0.223 e. The average molecular weight is 280 g/mol. The van der Waals surface area contributed by atoms with Gasteiger partial charge in [-0.25, -0.2) is 0 Å². The Balaban J connectivity index is 2.54. The monoisotopic (exact) mass is 280 g/mol. The van der Waals surface area contributed by atoms with E-state index in [4.69, 9.17) is 10.2 Å². The zero-order valence-corrected chi connectivity index (χ0v) is 13.2. The van der Waals surface area contributed by atoms with E-state index in [1.165, 1.54) is 0 Å². The Morgan fingerprint density at radius 2 is 2.00 bits per heavy atom. The topological polar surface area (TPSA) is 59.5 Å². The molecule has 4 heteroatoms. The maximum Gasteiger partial charge on any atom is 0.223 e. The summed E-state index contributed by atoms with van der Waals surface area (Å²) in [6, 6.07) is 4.05. The van der Waals surface area contributed by atoms with Crippen LogP contribution in [0.25, 0.3) is 0 Å². The Morgan fingerprint density at radius 3 is 2.50 bits per heavy atom. The molecule has 0 aliphatic rings. The van der Waals surface area contributed by atoms with Gasteiger partial charge in [-0.2, -0.15) is 0 Å². The van der Waals surface area contributed by atoms with Crippen LogP contribution >= 0.6 is 0 Å². The highest BCUT2D eigenvalue weighted by Gasteiger charge is 2.19. The largest absolute Gasteiger partial charge is 0.464 e. The molecular formula is C16H28N2O2. The third-order valence-electron chi connectivity index (χ3n) is 3.58. The van der Waals surface area contributed by atoms with Gasteiger partial charge in [0.15, 0.2) is 0 Å². The molecule has 4 nitrogen and oxygen atoms in total. The SMILES string of the molecule is Cc1ccc(CN(C(=O)CCC(C)CCN)C(C)C)o1. The fraction of sp³-hybridized carbons (Fsp3) is 0.688. The summed E-state index contributed by atoms with van der Waals surface area (Å²) in [7, 11) is 0. The molecule has 0 bridgehead atoms. The number of aryl methyl sites for hydroxylation is 1. The Bertz CT molecular complexity index is 412. The van der Waals surface area contributed by atoms with Crippen molar-refractivity contribution in [2.24, 2.45) is 11.7 Å². The number of furan rings is 1. The van der Waals surface area contributed by atoms with Gasteiger partial charge < -0.3 is 15.1 Å². The maximum absolute atomic E-state index is 12.4. The molecule has 1 aromatic rings. The van der Waals surface area contributed by atoms with Crippen molar-refractivity contribution >= 4 is 5.91 Å². The minimum absolute atomic E-state index is 0.178. The van der Waals surface area contributed by atoms with Crippen molar-refractivity contribution in [1.29, 1.82) is 0 Å². The van der Waals surface area contributed by atoms with E-state index in [2.05, 4.69) is 6.92 Å². The van der Waals surface area contributed by atoms with Crippen LogP contribution in [-0.4, -0.2) is 23.4 Å². The van der Waals surface area contributed by atoms with Gasteiger partial charge in [-0.3, -0.25) is 4.79 Å². The number of carbonyl (C=O) groups is 1. The second-order valence-electron chi connectivity index (χ2n) is 5.85. The molecule has 1 heterocycles. The van der Waals surface area contributed by atoms with Crippen LogP contribution in [0.15, 0.2) is 16.5 Å². The lowest BCUT2D eigenvalue weighted by atomic mass is 10.0. The molecular weight excluding hydrogens is 252 g/mol. The quantitative estimate of drug-likeness (QED) is 0.796. The minimum Gasteiger partial charge on any atom is -0.464 e. The fourth-order valence-corrected chi connectivity index (χ4v) is 2.24. The first kappa shape index (κ1) is 16.8. The Hall–Kier alpha value is -1.29. The van der Waals surface area contributed by atoms with E-state index < -0.39 is 0 Å². The molecule has 0 aliphatic heterocycles. The van der Waals surface area contributed by atoms with Gasteiger partial charge in [-0.1, -0.05) is 6.92 Å². The van der Waals surface area contributed by atoms with Gasteiger partial charge in [0.05, 0.1) is 6.54 Å². The maximum atomic E-state index is 12.4. The molecule has 114 valence electrons. The first-order valence-electron chi connectivity index (χ1n) is 7.48. The molecule has 0 aromatic carbocycles. The van der Waals surface area contributed by atoms with Crippen molar-refractivity contribution in [2.45, 2.75) is 59.5 Å². The number of nitrogens with two attached hydrogens (primary N) is 1. The molecule has 2 N–H and O–H groups in total. The summed E-state index contributed by atoms with van der Waals surface area (Å²) >= 11 is 0. The van der Waals surface area contributed by atoms with Gasteiger partial charge in [0.2, 0.25) is 5.91 Å². The lowest BCUT2D eigenvalue weighted by Gasteiger charge is -2.26. The molecule has 20 heavy (non-hydrogen) atoms. The highest BCUT2D eigenvalue weighted by atomic mass is 16.3. The summed E-state index contributed by atoms with van der Waals surface area (Å²) in [6.07, 6.45) is 2.46. The third kappa shape index (κ3) is 5.37. The van der Waals surface area contributed by atoms with Gasteiger partial charge >= 0.3 is 0 Å². The zero-order chi connectivity index (χ0) is 15.1. The molecule has 0 radical (unpaired) electrons. The van der Waals surface area contributed by atoms with E-state index >= 15 is 0 Å². The lowest BCUT2D eigenvalue weighted by Crippen LogP contribution is -2.36. The predicted octanol–water partition coefficient (Wildman–Crippen LogP) is 3.09. The van der Waals surface area contributed by atoms with E-state index in [0.29, 0.717) is 25.4 Å². The van der Waals surface area contributed by atoms with Gasteiger partial charge in [-0.05, 0) is 58.2 Å². The molecule has 0 fully saturated rings. The van der Waals surface area contributed by atoms with E-state index in [-0.39, 0.29) is 11.9 Å². The van der Waals surface area contributed by atoms with Crippen molar-refractivity contribution in [2.75, 3.05) is 6.54 Å². The van der Waals surface area contributed by atoms with Crippen LogP contribution in [0.3, 0.4) is 0 Å². The van der Waals surface area contributed by atoms with Gasteiger partial charge in [-0.15, -0.1) is 0 Å². The molecule has 1 aromatic heterocycles. The molecule has 1 rings (SSSR count). The summed E-state index contributed by atoms with van der Waals surface area (Å²) in [6.45, 7) is 9.38. The number of amides is 1. The van der Waals surface area contributed by atoms with Crippen LogP contribution in [0.5, 0.6) is 0 Å². The van der Waals surface area contributed by atoms with E-state index in [9.17, 15) is 4.79 Å². The lowest BCUT2D eigenvalue weighted by molar-refractivity contribution is -0.134. The highest BCUT2D eigenvalue weighted by Crippen LogP contribution is 2.16. The fourth-order valence-electron chi connectivity index (χ4n) is 2.24. The van der Waals surface area contributed by atoms with Crippen LogP contribution in [0, 0.1) is 12.8 Å². The van der Waals surface area contributed by atoms with Crippen LogP contribution in [0.1, 0.15) is 51.6 Å². The Morgan fingerprint density at radius 1 is 1.30 bits per heavy atom. The van der Waals surface area contributed by atoms with Gasteiger partial charge in [0, 0.05) is 12.5 Å². The molecule has 0 saturated heterocycles. The number of rotatable bonds is 8. The van der Waals surface area contributed by atoms with Gasteiger partial charge in [0.25, 0.3) is 0 Å². The molecule has 0 aliphatic carbocycles. The molecule has 0 saturated carbocycles. The van der Waals surface area contributed by atoms with Crippen LogP contribution < -0.4 is 5.73 Å². The van der Waals surface area contributed by atoms with Crippen LogP contribution in [-0.2, 0) is 11.3 Å². The summed E-state index contributed by atoms with van der Waals surface area (Å²) in [5, 5.41) is 0. The van der Waals surface area contributed by atoms with Crippen molar-refractivity contribution < 1.29 is 9.21 Å². The second kappa shape index (κ2) is 8.10. The first-order valence-corrected chi connectivity index (χ1v) is 7.48. The number of nitrogens with zero attached hydrogens (tertiary/aromatic N) is 1. The van der Waals surface area contributed by atoms with Crippen molar-refractivity contribution in [3.05, 3.63) is 23.7 Å². The minimum atomic E-state index is 0.178. The number of hydrogen-bond donors (Lipinski definition) is 1. The van der Waals surface area contributed by atoms with Crippen molar-refractivity contribution in [1.82, 2.24) is 4.90 Å². The van der Waals surface area contributed by atoms with Crippen LogP contribution in [0.4, 0.5) is 0 Å². The second-order valence-corrected chi connectivity index (χ2v) is 5.85. The summed E-state index contributed by atoms with van der Waals surface area (Å²) in [5.41, 5.74) is 5.54. The standard InChI is InChI=1S/C16H28N2O2/c1-12(2)18(11-15-7-6-14(4)20-15)16(19)8-5-13(3)9-10-17/h6-7,12-13H,5,8-11,17H2,1-4H3. The average Bonchev–Trinajstić information content (AvgIpc) is 2.79. The van der Waals surface area contributed by atoms with Gasteiger partial charge in [0.1, 0.15) is 11.5 Å². The Labute approximate surface area is 122 Å². The van der Waals surface area contributed by atoms with Crippen molar-refractivity contribution in [3.63, 3.8) is 0 Å². The summed E-state index contributed by atoms with van der Waals surface area (Å²) in [4.78, 5) is 14.2. The predicted molar refractivity (Wildman–Crippen MR) is 81.2 cm³/mol. The third-order valence-corrected chi connectivity index (χ3v) is 3.58. The summed E-state index contributed by atoms with van der Waals surface area (Å²) < 4.78 is 5.57. The molecule has 1 unspecified atom stereocenters. The van der Waals surface area contributed by atoms with Crippen LogP contribution in [0.2, 0.25) is 0 Å².